The summed E-state index contributed by atoms with van der Waals surface area (Å²) in [7, 11) is 1.67. The number of nitrogens with zero attached hydrogens (tertiary/aromatic N) is 3. The summed E-state index contributed by atoms with van der Waals surface area (Å²) in [5.74, 6) is -0.557. The van der Waals surface area contributed by atoms with Gasteiger partial charge in [-0.3, -0.25) is 20.0 Å². The Morgan fingerprint density at radius 3 is 2.61 bits per heavy atom. The highest BCUT2D eigenvalue weighted by Crippen LogP contribution is 2.23. The number of rotatable bonds is 9. The van der Waals surface area contributed by atoms with Gasteiger partial charge in [0.15, 0.2) is 0 Å². The van der Waals surface area contributed by atoms with E-state index in [0.29, 0.717) is 6.54 Å². The van der Waals surface area contributed by atoms with Crippen molar-refractivity contribution in [2.75, 3.05) is 19.3 Å². The Balaban J connectivity index is 1.44. The van der Waals surface area contributed by atoms with Crippen molar-refractivity contribution in [3.63, 3.8) is 0 Å². The van der Waals surface area contributed by atoms with Gasteiger partial charge in [-0.15, -0.1) is 0 Å². The van der Waals surface area contributed by atoms with Crippen LogP contribution in [0, 0.1) is 15.9 Å². The summed E-state index contributed by atoms with van der Waals surface area (Å²) in [5.41, 5.74) is 8.22. The number of nitrogens with two attached hydrogens (primary N) is 1. The summed E-state index contributed by atoms with van der Waals surface area (Å²) in [6.07, 6.45) is 3.44. The number of nitro groups is 1. The molecule has 0 saturated heterocycles. The number of halogens is 1. The average molecular weight is 425 g/mol. The lowest BCUT2D eigenvalue weighted by molar-refractivity contribution is -0.383. The second-order valence-electron chi connectivity index (χ2n) is 7.35. The predicted molar refractivity (Wildman–Crippen MR) is 116 cm³/mol. The van der Waals surface area contributed by atoms with Gasteiger partial charge < -0.3 is 10.6 Å². The summed E-state index contributed by atoms with van der Waals surface area (Å²) >= 11 is 0. The van der Waals surface area contributed by atoms with Crippen LogP contribution in [0.1, 0.15) is 35.3 Å². The standard InChI is InChI=1S/C22H24FN5O3/c1-27(22(29)16-8-11-19(24)21(13-16)28(30)31)12-4-2-3-5-18-14-20(26-25-18)15-6-9-17(23)10-7-15/h6-11,13-14H,2-5,12,24H2,1H3,(H,25,26). The number of benzene rings is 2. The first-order valence-electron chi connectivity index (χ1n) is 9.95. The highest BCUT2D eigenvalue weighted by molar-refractivity contribution is 5.95. The second kappa shape index (κ2) is 9.84. The van der Waals surface area contributed by atoms with Crippen molar-refractivity contribution < 1.29 is 14.1 Å². The normalized spacial score (nSPS) is 10.8. The number of nitrogen functional groups attached to an aromatic ring is 1. The molecule has 0 unspecified atom stereocenters. The molecule has 8 nitrogen and oxygen atoms in total. The number of unbranched alkanes of at least 4 members (excludes halogenated alkanes) is 2. The second-order valence-corrected chi connectivity index (χ2v) is 7.35. The van der Waals surface area contributed by atoms with Crippen LogP contribution in [0.5, 0.6) is 0 Å². The molecule has 162 valence electrons. The molecule has 1 aromatic heterocycles. The molecule has 3 N–H and O–H groups in total. The molecule has 3 rings (SSSR count). The van der Waals surface area contributed by atoms with Crippen LogP contribution < -0.4 is 5.73 Å². The van der Waals surface area contributed by atoms with E-state index in [0.717, 1.165) is 42.6 Å². The highest BCUT2D eigenvalue weighted by atomic mass is 19.1. The maximum atomic E-state index is 13.0. The topological polar surface area (TPSA) is 118 Å². The van der Waals surface area contributed by atoms with Gasteiger partial charge in [0.1, 0.15) is 11.5 Å². The van der Waals surface area contributed by atoms with Crippen LogP contribution in [0.25, 0.3) is 11.3 Å². The third-order valence-electron chi connectivity index (χ3n) is 5.03. The van der Waals surface area contributed by atoms with E-state index in [-0.39, 0.29) is 28.7 Å². The summed E-state index contributed by atoms with van der Waals surface area (Å²) < 4.78 is 13.0. The molecule has 0 radical (unpaired) electrons. The van der Waals surface area contributed by atoms with Crippen LogP contribution in [-0.2, 0) is 6.42 Å². The number of hydrogen-bond donors (Lipinski definition) is 2. The fraction of sp³-hybridized carbons (Fsp3) is 0.273. The number of carbonyl (C=O) groups excluding carboxylic acids is 1. The first-order chi connectivity index (χ1) is 14.8. The van der Waals surface area contributed by atoms with Crippen molar-refractivity contribution in [2.24, 2.45) is 0 Å². The van der Waals surface area contributed by atoms with E-state index < -0.39 is 4.92 Å². The molecule has 0 aliphatic rings. The van der Waals surface area contributed by atoms with E-state index in [2.05, 4.69) is 10.2 Å². The minimum Gasteiger partial charge on any atom is -0.393 e. The number of aromatic amines is 1. The Morgan fingerprint density at radius 1 is 1.16 bits per heavy atom. The molecule has 9 heteroatoms. The van der Waals surface area contributed by atoms with E-state index >= 15 is 0 Å². The van der Waals surface area contributed by atoms with Crippen molar-refractivity contribution >= 4 is 17.3 Å². The number of anilines is 1. The molecule has 1 amide bonds. The first-order valence-corrected chi connectivity index (χ1v) is 9.95. The van der Waals surface area contributed by atoms with Crippen molar-refractivity contribution in [3.05, 3.63) is 75.7 Å². The lowest BCUT2D eigenvalue weighted by Crippen LogP contribution is -2.27. The van der Waals surface area contributed by atoms with Crippen molar-refractivity contribution in [3.8, 4) is 11.3 Å². The molecular weight excluding hydrogens is 401 g/mol. The molecule has 0 bridgehead atoms. The molecule has 1 heterocycles. The van der Waals surface area contributed by atoms with Gasteiger partial charge in [0, 0.05) is 36.5 Å². The molecule has 2 aromatic carbocycles. The molecule has 0 aliphatic carbocycles. The number of aryl methyl sites for hydroxylation is 1. The number of amides is 1. The molecular formula is C22H24FN5O3. The van der Waals surface area contributed by atoms with E-state index in [4.69, 9.17) is 5.73 Å². The molecule has 0 fully saturated rings. The molecule has 31 heavy (non-hydrogen) atoms. The van der Waals surface area contributed by atoms with Gasteiger partial charge >= 0.3 is 0 Å². The number of hydrogen-bond acceptors (Lipinski definition) is 5. The van der Waals surface area contributed by atoms with Gasteiger partial charge in [-0.1, -0.05) is 6.42 Å². The zero-order chi connectivity index (χ0) is 22.4. The number of H-pyrrole nitrogens is 1. The molecule has 0 saturated carbocycles. The zero-order valence-corrected chi connectivity index (χ0v) is 17.2. The van der Waals surface area contributed by atoms with Crippen LogP contribution in [0.2, 0.25) is 0 Å². The Kier molecular flexibility index (Phi) is 6.96. The van der Waals surface area contributed by atoms with Gasteiger partial charge in [0.05, 0.1) is 10.6 Å². The van der Waals surface area contributed by atoms with Crippen LogP contribution in [0.3, 0.4) is 0 Å². The van der Waals surface area contributed by atoms with Crippen LogP contribution in [-0.4, -0.2) is 39.5 Å². The van der Waals surface area contributed by atoms with Gasteiger partial charge in [-0.25, -0.2) is 4.39 Å². The number of nitro benzene ring substituents is 1. The molecule has 3 aromatic rings. The fourth-order valence-electron chi connectivity index (χ4n) is 3.26. The summed E-state index contributed by atoms with van der Waals surface area (Å²) in [4.78, 5) is 24.5. The maximum absolute atomic E-state index is 13.0. The predicted octanol–water partition coefficient (Wildman–Crippen LogP) is 4.19. The largest absolute Gasteiger partial charge is 0.393 e. The Hall–Kier alpha value is -3.75. The summed E-state index contributed by atoms with van der Waals surface area (Å²) in [6, 6.07) is 12.2. The zero-order valence-electron chi connectivity index (χ0n) is 17.2. The SMILES string of the molecule is CN(CCCCCc1cc(-c2ccc(F)cc2)n[nH]1)C(=O)c1ccc(N)c([N+](=O)[O-])c1. The smallest absolute Gasteiger partial charge is 0.292 e. The quantitative estimate of drug-likeness (QED) is 0.231. The molecule has 0 aliphatic heterocycles. The van der Waals surface area contributed by atoms with E-state index in [1.54, 1.807) is 24.1 Å². The number of carbonyl (C=O) groups is 1. The van der Waals surface area contributed by atoms with Crippen molar-refractivity contribution in [2.45, 2.75) is 25.7 Å². The van der Waals surface area contributed by atoms with Crippen LogP contribution in [0.4, 0.5) is 15.8 Å². The lowest BCUT2D eigenvalue weighted by Gasteiger charge is -2.17. The average Bonchev–Trinajstić information content (AvgIpc) is 3.22. The van der Waals surface area contributed by atoms with Crippen molar-refractivity contribution in [1.82, 2.24) is 15.1 Å². The van der Waals surface area contributed by atoms with E-state index in [9.17, 15) is 19.3 Å². The fourth-order valence-corrected chi connectivity index (χ4v) is 3.26. The van der Waals surface area contributed by atoms with Crippen LogP contribution >= 0.6 is 0 Å². The van der Waals surface area contributed by atoms with Gasteiger partial charge in [0.25, 0.3) is 11.6 Å². The Labute approximate surface area is 179 Å². The summed E-state index contributed by atoms with van der Waals surface area (Å²) in [5, 5.41) is 18.3. The first kappa shape index (κ1) is 21.9. The molecule has 0 atom stereocenters. The third kappa shape index (κ3) is 5.65. The van der Waals surface area contributed by atoms with Gasteiger partial charge in [0.2, 0.25) is 0 Å². The molecule has 0 spiro atoms. The number of nitrogens with one attached hydrogen (secondary N) is 1. The van der Waals surface area contributed by atoms with E-state index in [1.807, 2.05) is 6.07 Å². The lowest BCUT2D eigenvalue weighted by atomic mass is 10.1. The van der Waals surface area contributed by atoms with Crippen LogP contribution in [0.15, 0.2) is 48.5 Å². The minimum absolute atomic E-state index is 0.0330. The van der Waals surface area contributed by atoms with Crippen molar-refractivity contribution in [1.29, 1.82) is 0 Å². The summed E-state index contributed by atoms with van der Waals surface area (Å²) in [6.45, 7) is 0.542. The third-order valence-corrected chi connectivity index (χ3v) is 5.03. The van der Waals surface area contributed by atoms with E-state index in [1.165, 1.54) is 30.3 Å². The Morgan fingerprint density at radius 2 is 1.90 bits per heavy atom. The van der Waals surface area contributed by atoms with Gasteiger partial charge in [-0.05, 0) is 61.7 Å². The monoisotopic (exact) mass is 425 g/mol. The Bertz CT molecular complexity index is 1070. The minimum atomic E-state index is -0.594. The number of aromatic nitrogens is 2. The maximum Gasteiger partial charge on any atom is 0.292 e. The highest BCUT2D eigenvalue weighted by Gasteiger charge is 2.18. The van der Waals surface area contributed by atoms with Gasteiger partial charge in [-0.2, -0.15) is 5.10 Å².